The maximum atomic E-state index is 12.7. The summed E-state index contributed by atoms with van der Waals surface area (Å²) in [6.45, 7) is 6.53. The highest BCUT2D eigenvalue weighted by molar-refractivity contribution is 5.71. The summed E-state index contributed by atoms with van der Waals surface area (Å²) < 4.78 is 16.7. The van der Waals surface area contributed by atoms with E-state index in [0.29, 0.717) is 19.3 Å². The Bertz CT molecular complexity index is 1040. The van der Waals surface area contributed by atoms with Gasteiger partial charge in [-0.3, -0.25) is 14.4 Å². The lowest BCUT2D eigenvalue weighted by atomic mass is 10.1. The number of carbonyl (C=O) groups excluding carboxylic acids is 3. The molecule has 1 unspecified atom stereocenters. The van der Waals surface area contributed by atoms with Crippen LogP contribution >= 0.6 is 0 Å². The lowest BCUT2D eigenvalue weighted by Crippen LogP contribution is -2.30. The van der Waals surface area contributed by atoms with Crippen molar-refractivity contribution < 1.29 is 28.6 Å². The molecule has 0 rings (SSSR count). The third-order valence-corrected chi connectivity index (χ3v) is 10.8. The van der Waals surface area contributed by atoms with Crippen molar-refractivity contribution in [3.05, 3.63) is 48.6 Å². The summed E-state index contributed by atoms with van der Waals surface area (Å²) in [4.78, 5) is 37.8. The van der Waals surface area contributed by atoms with Gasteiger partial charge in [-0.2, -0.15) is 0 Å². The standard InChI is InChI=1S/C53H94O6/c1-4-7-10-13-16-19-21-23-24-25-26-27-28-30-31-34-37-40-43-46-52(55)58-49-50(48-57-51(54)45-42-39-36-33-18-15-12-9-6-3)59-53(56)47-44-41-38-35-32-29-22-20-17-14-11-8-5-2/h16,19,21,23,29,32,38,41,50H,4-15,17-18,20,22,24-28,30-31,33-37,39-40,42-49H2,1-3H3/b19-16-,23-21-,32-29-,41-38-. The van der Waals surface area contributed by atoms with Gasteiger partial charge in [0.25, 0.3) is 0 Å². The van der Waals surface area contributed by atoms with E-state index < -0.39 is 6.10 Å². The predicted octanol–water partition coefficient (Wildman–Crippen LogP) is 16.3. The van der Waals surface area contributed by atoms with Crippen LogP contribution < -0.4 is 0 Å². The molecule has 0 saturated carbocycles. The van der Waals surface area contributed by atoms with Crippen molar-refractivity contribution in [2.75, 3.05) is 13.2 Å². The van der Waals surface area contributed by atoms with E-state index in [1.807, 2.05) is 6.08 Å². The van der Waals surface area contributed by atoms with Crippen molar-refractivity contribution in [2.24, 2.45) is 0 Å². The number of hydrogen-bond acceptors (Lipinski definition) is 6. The second-order valence-electron chi connectivity index (χ2n) is 16.8. The fourth-order valence-corrected chi connectivity index (χ4v) is 7.02. The molecule has 0 fully saturated rings. The van der Waals surface area contributed by atoms with Gasteiger partial charge < -0.3 is 14.2 Å². The molecule has 59 heavy (non-hydrogen) atoms. The molecular weight excluding hydrogens is 733 g/mol. The minimum absolute atomic E-state index is 0.0948. The largest absolute Gasteiger partial charge is 0.462 e. The highest BCUT2D eigenvalue weighted by atomic mass is 16.6. The zero-order valence-electron chi connectivity index (χ0n) is 39.0. The van der Waals surface area contributed by atoms with E-state index in [9.17, 15) is 14.4 Å². The highest BCUT2D eigenvalue weighted by Gasteiger charge is 2.19. The minimum Gasteiger partial charge on any atom is -0.462 e. The van der Waals surface area contributed by atoms with E-state index in [0.717, 1.165) is 51.4 Å². The van der Waals surface area contributed by atoms with Crippen molar-refractivity contribution in [3.8, 4) is 0 Å². The molecule has 0 aliphatic carbocycles. The van der Waals surface area contributed by atoms with Crippen LogP contribution in [-0.2, 0) is 28.6 Å². The van der Waals surface area contributed by atoms with Gasteiger partial charge in [-0.25, -0.2) is 0 Å². The second-order valence-corrected chi connectivity index (χ2v) is 16.8. The van der Waals surface area contributed by atoms with Crippen LogP contribution in [0.2, 0.25) is 0 Å². The van der Waals surface area contributed by atoms with E-state index in [2.05, 4.69) is 63.3 Å². The average molecular weight is 827 g/mol. The Balaban J connectivity index is 4.34. The lowest BCUT2D eigenvalue weighted by molar-refractivity contribution is -0.166. The van der Waals surface area contributed by atoms with Crippen LogP contribution in [0.3, 0.4) is 0 Å². The van der Waals surface area contributed by atoms with Gasteiger partial charge in [-0.15, -0.1) is 0 Å². The molecule has 0 aliphatic rings. The van der Waals surface area contributed by atoms with Gasteiger partial charge in [-0.05, 0) is 64.2 Å². The SMILES string of the molecule is CCCCC/C=C\C=C/CCCCCCCCCCCCC(=O)OCC(COC(=O)CCCCCCCCCCC)OC(=O)CC/C=C\C/C=C\CCCCCCCC. The molecule has 0 heterocycles. The molecule has 0 aliphatic heterocycles. The van der Waals surface area contributed by atoms with Crippen LogP contribution in [0.25, 0.3) is 0 Å². The van der Waals surface area contributed by atoms with Gasteiger partial charge >= 0.3 is 17.9 Å². The molecule has 0 bridgehead atoms. The average Bonchev–Trinajstić information content (AvgIpc) is 3.23. The van der Waals surface area contributed by atoms with Crippen LogP contribution in [0.15, 0.2) is 48.6 Å². The van der Waals surface area contributed by atoms with E-state index in [1.165, 1.54) is 154 Å². The summed E-state index contributed by atoms with van der Waals surface area (Å²) in [5.41, 5.74) is 0. The van der Waals surface area contributed by atoms with Crippen molar-refractivity contribution in [2.45, 2.75) is 258 Å². The van der Waals surface area contributed by atoms with Crippen LogP contribution in [0.4, 0.5) is 0 Å². The molecule has 0 spiro atoms. The van der Waals surface area contributed by atoms with E-state index >= 15 is 0 Å². The Hall–Kier alpha value is -2.63. The molecule has 0 saturated heterocycles. The first-order valence-corrected chi connectivity index (χ1v) is 25.2. The van der Waals surface area contributed by atoms with Crippen molar-refractivity contribution in [1.29, 1.82) is 0 Å². The highest BCUT2D eigenvalue weighted by Crippen LogP contribution is 2.14. The van der Waals surface area contributed by atoms with Crippen LogP contribution in [0.5, 0.6) is 0 Å². The van der Waals surface area contributed by atoms with Gasteiger partial charge in [0.2, 0.25) is 0 Å². The third-order valence-electron chi connectivity index (χ3n) is 10.8. The number of unbranched alkanes of at least 4 members (excludes halogenated alkanes) is 27. The molecule has 342 valence electrons. The van der Waals surface area contributed by atoms with Crippen molar-refractivity contribution in [1.82, 2.24) is 0 Å². The molecule has 0 aromatic carbocycles. The Morgan fingerprint density at radius 3 is 1.14 bits per heavy atom. The van der Waals surface area contributed by atoms with Crippen LogP contribution in [0, 0.1) is 0 Å². The molecular formula is C53H94O6. The Kier molecular flexibility index (Phi) is 45.9. The number of hydrogen-bond donors (Lipinski definition) is 0. The lowest BCUT2D eigenvalue weighted by Gasteiger charge is -2.18. The monoisotopic (exact) mass is 827 g/mol. The van der Waals surface area contributed by atoms with Gasteiger partial charge in [0.15, 0.2) is 6.10 Å². The number of rotatable bonds is 45. The summed E-state index contributed by atoms with van der Waals surface area (Å²) in [6, 6.07) is 0. The van der Waals surface area contributed by atoms with Crippen molar-refractivity contribution in [3.63, 3.8) is 0 Å². The van der Waals surface area contributed by atoms with E-state index in [1.54, 1.807) is 0 Å². The molecule has 0 aromatic rings. The van der Waals surface area contributed by atoms with E-state index in [4.69, 9.17) is 14.2 Å². The molecule has 1 atom stereocenters. The maximum Gasteiger partial charge on any atom is 0.306 e. The summed E-state index contributed by atoms with van der Waals surface area (Å²) in [5.74, 6) is -0.965. The molecule has 6 nitrogen and oxygen atoms in total. The fraction of sp³-hybridized carbons (Fsp3) is 0.792. The van der Waals surface area contributed by atoms with Crippen LogP contribution in [0.1, 0.15) is 252 Å². The number of esters is 3. The number of carbonyl (C=O) groups is 3. The van der Waals surface area contributed by atoms with E-state index in [-0.39, 0.29) is 37.5 Å². The summed E-state index contributed by atoms with van der Waals surface area (Å²) in [7, 11) is 0. The van der Waals surface area contributed by atoms with Gasteiger partial charge in [0.05, 0.1) is 0 Å². The minimum atomic E-state index is -0.800. The topological polar surface area (TPSA) is 78.9 Å². The van der Waals surface area contributed by atoms with Gasteiger partial charge in [-0.1, -0.05) is 217 Å². The Morgan fingerprint density at radius 1 is 0.356 bits per heavy atom. The maximum absolute atomic E-state index is 12.7. The second kappa shape index (κ2) is 48.0. The van der Waals surface area contributed by atoms with Crippen molar-refractivity contribution >= 4 is 17.9 Å². The number of ether oxygens (including phenoxy) is 3. The first-order valence-electron chi connectivity index (χ1n) is 25.2. The Labute approximate surface area is 365 Å². The zero-order chi connectivity index (χ0) is 43.0. The van der Waals surface area contributed by atoms with Gasteiger partial charge in [0.1, 0.15) is 13.2 Å². The molecule has 6 heteroatoms. The fourth-order valence-electron chi connectivity index (χ4n) is 7.02. The number of allylic oxidation sites excluding steroid dienone is 8. The third kappa shape index (κ3) is 46.3. The smallest absolute Gasteiger partial charge is 0.306 e. The normalized spacial score (nSPS) is 12.4. The Morgan fingerprint density at radius 2 is 0.695 bits per heavy atom. The molecule has 0 amide bonds. The molecule has 0 radical (unpaired) electrons. The molecule has 0 N–H and O–H groups in total. The first kappa shape index (κ1) is 56.4. The summed E-state index contributed by atoms with van der Waals surface area (Å²) >= 11 is 0. The quantitative estimate of drug-likeness (QED) is 0.0200. The summed E-state index contributed by atoms with van der Waals surface area (Å²) in [5, 5.41) is 0. The zero-order valence-corrected chi connectivity index (χ0v) is 39.0. The summed E-state index contributed by atoms with van der Waals surface area (Å²) in [6.07, 6.45) is 56.8. The molecule has 0 aromatic heterocycles. The van der Waals surface area contributed by atoms with Gasteiger partial charge in [0, 0.05) is 19.3 Å². The first-order chi connectivity index (χ1) is 29.0. The predicted molar refractivity (Wildman–Crippen MR) is 252 cm³/mol. The van der Waals surface area contributed by atoms with Crippen LogP contribution in [-0.4, -0.2) is 37.2 Å².